The van der Waals surface area contributed by atoms with Crippen molar-refractivity contribution in [2.45, 2.75) is 6.54 Å². The third-order valence-corrected chi connectivity index (χ3v) is 3.46. The Hall–Kier alpha value is -2.95. The zero-order valence-corrected chi connectivity index (χ0v) is 11.1. The van der Waals surface area contributed by atoms with Gasteiger partial charge in [0.2, 0.25) is 5.91 Å². The fourth-order valence-electron chi connectivity index (χ4n) is 2.34. The molecule has 0 unspecified atom stereocenters. The van der Waals surface area contributed by atoms with Crippen molar-refractivity contribution in [1.82, 2.24) is 4.90 Å². The molecule has 0 aliphatic carbocycles. The number of nitrogens with two attached hydrogens (primary N) is 1. The van der Waals surface area contributed by atoms with Crippen LogP contribution in [0.5, 0.6) is 0 Å². The van der Waals surface area contributed by atoms with Gasteiger partial charge in [0.15, 0.2) is 0 Å². The normalized spacial score (nSPS) is 13.4. The smallest absolute Gasteiger partial charge is 0.261 e. The fraction of sp³-hybridized carbons (Fsp3) is 0.0625. The molecule has 0 aromatic heterocycles. The molecule has 0 radical (unpaired) electrons. The molecule has 0 saturated heterocycles. The van der Waals surface area contributed by atoms with Crippen LogP contribution in [0, 0.1) is 0 Å². The number of imide groups is 1. The number of amides is 3. The van der Waals surface area contributed by atoms with Crippen LogP contribution >= 0.6 is 0 Å². The molecule has 5 nitrogen and oxygen atoms in total. The van der Waals surface area contributed by atoms with Crippen LogP contribution < -0.4 is 5.73 Å². The number of hydrogen-bond donors (Lipinski definition) is 1. The molecule has 0 atom stereocenters. The van der Waals surface area contributed by atoms with Crippen LogP contribution in [0.4, 0.5) is 0 Å². The van der Waals surface area contributed by atoms with E-state index < -0.39 is 5.91 Å². The highest BCUT2D eigenvalue weighted by atomic mass is 16.2. The summed E-state index contributed by atoms with van der Waals surface area (Å²) in [5.41, 5.74) is 7.17. The second kappa shape index (κ2) is 4.86. The first-order valence-electron chi connectivity index (χ1n) is 6.42. The van der Waals surface area contributed by atoms with Crippen molar-refractivity contribution in [3.05, 3.63) is 70.8 Å². The van der Waals surface area contributed by atoms with E-state index in [4.69, 9.17) is 5.73 Å². The Labute approximate surface area is 121 Å². The second-order valence-corrected chi connectivity index (χ2v) is 4.80. The van der Waals surface area contributed by atoms with Crippen LogP contribution in [-0.4, -0.2) is 22.6 Å². The van der Waals surface area contributed by atoms with Gasteiger partial charge >= 0.3 is 0 Å². The predicted molar refractivity (Wildman–Crippen MR) is 75.6 cm³/mol. The largest absolute Gasteiger partial charge is 0.366 e. The van der Waals surface area contributed by atoms with Gasteiger partial charge in [-0.1, -0.05) is 24.3 Å². The maximum Gasteiger partial charge on any atom is 0.261 e. The van der Waals surface area contributed by atoms with Gasteiger partial charge in [-0.05, 0) is 29.8 Å². The third kappa shape index (κ3) is 2.18. The Morgan fingerprint density at radius 1 is 0.905 bits per heavy atom. The molecule has 21 heavy (non-hydrogen) atoms. The van der Waals surface area contributed by atoms with Crippen molar-refractivity contribution < 1.29 is 14.4 Å². The summed E-state index contributed by atoms with van der Waals surface area (Å²) < 4.78 is 0. The standard InChI is InChI=1S/C16H12N2O3/c17-14(19)11-7-5-10(6-8-11)9-18-15(20)12-3-1-2-4-13(12)16(18)21/h1-8H,9H2,(H2,17,19). The summed E-state index contributed by atoms with van der Waals surface area (Å²) in [7, 11) is 0. The summed E-state index contributed by atoms with van der Waals surface area (Å²) in [4.78, 5) is 36.6. The number of fused-ring (bicyclic) bond motifs is 1. The first-order valence-corrected chi connectivity index (χ1v) is 6.42. The lowest BCUT2D eigenvalue weighted by atomic mass is 10.1. The van der Waals surface area contributed by atoms with E-state index >= 15 is 0 Å². The van der Waals surface area contributed by atoms with Crippen molar-refractivity contribution in [2.24, 2.45) is 5.73 Å². The molecule has 1 aliphatic heterocycles. The minimum Gasteiger partial charge on any atom is -0.366 e. The minimum absolute atomic E-state index is 0.172. The van der Waals surface area contributed by atoms with E-state index in [2.05, 4.69) is 0 Å². The maximum absolute atomic E-state index is 12.2. The highest BCUT2D eigenvalue weighted by molar-refractivity contribution is 6.21. The van der Waals surface area contributed by atoms with Gasteiger partial charge in [-0.3, -0.25) is 19.3 Å². The average Bonchev–Trinajstić information content (AvgIpc) is 2.73. The van der Waals surface area contributed by atoms with E-state index in [1.165, 1.54) is 4.90 Å². The number of carbonyl (C=O) groups is 3. The zero-order chi connectivity index (χ0) is 15.0. The van der Waals surface area contributed by atoms with E-state index in [0.717, 1.165) is 5.56 Å². The van der Waals surface area contributed by atoms with Crippen molar-refractivity contribution in [2.75, 3.05) is 0 Å². The number of primary amides is 1. The number of nitrogens with zero attached hydrogens (tertiary/aromatic N) is 1. The lowest BCUT2D eigenvalue weighted by molar-refractivity contribution is 0.0642. The topological polar surface area (TPSA) is 80.5 Å². The van der Waals surface area contributed by atoms with Crippen LogP contribution in [0.3, 0.4) is 0 Å². The molecular weight excluding hydrogens is 268 g/mol. The van der Waals surface area contributed by atoms with E-state index in [9.17, 15) is 14.4 Å². The molecule has 3 amide bonds. The number of carbonyl (C=O) groups excluding carboxylic acids is 3. The van der Waals surface area contributed by atoms with Gasteiger partial charge in [-0.15, -0.1) is 0 Å². The van der Waals surface area contributed by atoms with Crippen LogP contribution in [0.15, 0.2) is 48.5 Å². The summed E-state index contributed by atoms with van der Waals surface area (Å²) in [5.74, 6) is -1.11. The van der Waals surface area contributed by atoms with E-state index in [1.807, 2.05) is 0 Å². The Balaban J connectivity index is 1.85. The molecule has 5 heteroatoms. The summed E-state index contributed by atoms with van der Waals surface area (Å²) in [5, 5.41) is 0. The Morgan fingerprint density at radius 2 is 1.43 bits per heavy atom. The van der Waals surface area contributed by atoms with Gasteiger partial charge in [-0.25, -0.2) is 0 Å². The van der Waals surface area contributed by atoms with Gasteiger partial charge in [0, 0.05) is 5.56 Å². The van der Waals surface area contributed by atoms with Gasteiger partial charge in [0.1, 0.15) is 0 Å². The SMILES string of the molecule is NC(=O)c1ccc(CN2C(=O)c3ccccc3C2=O)cc1. The second-order valence-electron chi connectivity index (χ2n) is 4.80. The predicted octanol–water partition coefficient (Wildman–Crippen LogP) is 1.58. The highest BCUT2D eigenvalue weighted by Gasteiger charge is 2.34. The van der Waals surface area contributed by atoms with Gasteiger partial charge < -0.3 is 5.73 Å². The Morgan fingerprint density at radius 3 is 1.90 bits per heavy atom. The highest BCUT2D eigenvalue weighted by Crippen LogP contribution is 2.24. The molecule has 2 N–H and O–H groups in total. The molecule has 0 saturated carbocycles. The molecule has 104 valence electrons. The maximum atomic E-state index is 12.2. The Kier molecular flexibility index (Phi) is 3.02. The quantitative estimate of drug-likeness (QED) is 0.867. The van der Waals surface area contributed by atoms with Gasteiger partial charge in [0.25, 0.3) is 11.8 Å². The van der Waals surface area contributed by atoms with Gasteiger partial charge in [0.05, 0.1) is 17.7 Å². The average molecular weight is 280 g/mol. The molecule has 0 spiro atoms. The molecular formula is C16H12N2O3. The van der Waals surface area contributed by atoms with Crippen LogP contribution in [0.1, 0.15) is 36.6 Å². The molecule has 1 aliphatic rings. The number of hydrogen-bond acceptors (Lipinski definition) is 3. The van der Waals surface area contributed by atoms with Gasteiger partial charge in [-0.2, -0.15) is 0 Å². The lowest BCUT2D eigenvalue weighted by Gasteiger charge is -2.13. The lowest BCUT2D eigenvalue weighted by Crippen LogP contribution is -2.29. The van der Waals surface area contributed by atoms with Crippen LogP contribution in [0.2, 0.25) is 0 Å². The molecule has 1 heterocycles. The van der Waals surface area contributed by atoms with Crippen molar-refractivity contribution in [3.63, 3.8) is 0 Å². The van der Waals surface area contributed by atoms with E-state index in [-0.39, 0.29) is 18.4 Å². The van der Waals surface area contributed by atoms with Crippen LogP contribution in [0.25, 0.3) is 0 Å². The minimum atomic E-state index is -0.512. The number of benzene rings is 2. The van der Waals surface area contributed by atoms with E-state index in [1.54, 1.807) is 48.5 Å². The van der Waals surface area contributed by atoms with Crippen molar-refractivity contribution >= 4 is 17.7 Å². The summed E-state index contributed by atoms with van der Waals surface area (Å²) >= 11 is 0. The summed E-state index contributed by atoms with van der Waals surface area (Å²) in [6.45, 7) is 0.172. The number of rotatable bonds is 3. The first kappa shape index (κ1) is 13.1. The molecule has 2 aromatic carbocycles. The van der Waals surface area contributed by atoms with Crippen molar-refractivity contribution in [3.8, 4) is 0 Å². The summed E-state index contributed by atoms with van der Waals surface area (Å²) in [6, 6.07) is 13.3. The Bertz CT molecular complexity index is 715. The first-order chi connectivity index (χ1) is 10.1. The molecule has 2 aromatic rings. The molecule has 3 rings (SSSR count). The fourth-order valence-corrected chi connectivity index (χ4v) is 2.34. The summed E-state index contributed by atoms with van der Waals surface area (Å²) in [6.07, 6.45) is 0. The molecule has 0 fully saturated rings. The zero-order valence-electron chi connectivity index (χ0n) is 11.1. The molecule has 0 bridgehead atoms. The van der Waals surface area contributed by atoms with Crippen LogP contribution in [-0.2, 0) is 6.54 Å². The van der Waals surface area contributed by atoms with E-state index in [0.29, 0.717) is 16.7 Å². The van der Waals surface area contributed by atoms with Crippen molar-refractivity contribution in [1.29, 1.82) is 0 Å². The monoisotopic (exact) mass is 280 g/mol. The third-order valence-electron chi connectivity index (χ3n) is 3.46.